The van der Waals surface area contributed by atoms with E-state index in [9.17, 15) is 19.7 Å². The number of nitro groups is 1. The molecule has 2 aromatic rings. The second-order valence-corrected chi connectivity index (χ2v) is 7.31. The average molecular weight is 430 g/mol. The molecule has 0 aliphatic carbocycles. The minimum atomic E-state index is -1.64. The SMILES string of the molecule is COC(=O)C(C(=O)OC)C(C[N+](=O)[O-])c1cc2c(cc1F)N(Cc1ccccc1)CC2. The zero-order chi connectivity index (χ0) is 22.5. The molecule has 1 atom stereocenters. The summed E-state index contributed by atoms with van der Waals surface area (Å²) in [7, 11) is 2.12. The van der Waals surface area contributed by atoms with Crippen LogP contribution in [0.2, 0.25) is 0 Å². The zero-order valence-corrected chi connectivity index (χ0v) is 17.2. The first-order valence-electron chi connectivity index (χ1n) is 9.74. The van der Waals surface area contributed by atoms with Gasteiger partial charge in [-0.15, -0.1) is 0 Å². The lowest BCUT2D eigenvalue weighted by Crippen LogP contribution is -2.36. The van der Waals surface area contributed by atoms with E-state index in [0.717, 1.165) is 25.3 Å². The maximum absolute atomic E-state index is 15.2. The van der Waals surface area contributed by atoms with E-state index >= 15 is 4.39 Å². The Balaban J connectivity index is 1.99. The molecule has 0 aromatic heterocycles. The van der Waals surface area contributed by atoms with Crippen molar-refractivity contribution in [2.24, 2.45) is 5.92 Å². The Morgan fingerprint density at radius 2 is 1.81 bits per heavy atom. The number of benzene rings is 2. The van der Waals surface area contributed by atoms with Crippen molar-refractivity contribution in [2.75, 3.05) is 32.2 Å². The Labute approximate surface area is 178 Å². The molecule has 1 heterocycles. The molecule has 0 N–H and O–H groups in total. The predicted molar refractivity (Wildman–Crippen MR) is 110 cm³/mol. The number of rotatable bonds is 8. The molecule has 0 saturated heterocycles. The van der Waals surface area contributed by atoms with Crippen molar-refractivity contribution in [2.45, 2.75) is 18.9 Å². The van der Waals surface area contributed by atoms with Gasteiger partial charge in [0.1, 0.15) is 5.82 Å². The maximum atomic E-state index is 15.2. The van der Waals surface area contributed by atoms with E-state index in [2.05, 4.69) is 9.47 Å². The number of hydrogen-bond donors (Lipinski definition) is 0. The number of fused-ring (bicyclic) bond motifs is 1. The lowest BCUT2D eigenvalue weighted by Gasteiger charge is -2.23. The van der Waals surface area contributed by atoms with Crippen LogP contribution in [0.3, 0.4) is 0 Å². The summed E-state index contributed by atoms with van der Waals surface area (Å²) in [6, 6.07) is 12.6. The van der Waals surface area contributed by atoms with Crippen LogP contribution in [0.25, 0.3) is 0 Å². The molecule has 1 unspecified atom stereocenters. The largest absolute Gasteiger partial charge is 0.468 e. The van der Waals surface area contributed by atoms with Gasteiger partial charge in [0.15, 0.2) is 5.92 Å². The molecular formula is C22H23FN2O6. The van der Waals surface area contributed by atoms with Crippen LogP contribution < -0.4 is 4.90 Å². The molecule has 164 valence electrons. The molecule has 3 rings (SSSR count). The second kappa shape index (κ2) is 9.55. The molecule has 1 aliphatic heterocycles. The summed E-state index contributed by atoms with van der Waals surface area (Å²) in [4.78, 5) is 37.1. The fourth-order valence-corrected chi connectivity index (χ4v) is 3.97. The quantitative estimate of drug-likeness (QED) is 0.275. The van der Waals surface area contributed by atoms with Gasteiger partial charge in [0.2, 0.25) is 6.54 Å². The van der Waals surface area contributed by atoms with Crippen molar-refractivity contribution in [1.29, 1.82) is 0 Å². The number of anilines is 1. The van der Waals surface area contributed by atoms with E-state index in [1.165, 1.54) is 12.1 Å². The highest BCUT2D eigenvalue weighted by molar-refractivity contribution is 5.96. The van der Waals surface area contributed by atoms with E-state index in [1.54, 1.807) is 0 Å². The highest BCUT2D eigenvalue weighted by Gasteiger charge is 2.42. The molecular weight excluding hydrogens is 407 g/mol. The van der Waals surface area contributed by atoms with Crippen LogP contribution in [0.5, 0.6) is 0 Å². The molecule has 0 spiro atoms. The maximum Gasteiger partial charge on any atom is 0.320 e. The van der Waals surface area contributed by atoms with Gasteiger partial charge >= 0.3 is 11.9 Å². The van der Waals surface area contributed by atoms with Gasteiger partial charge in [-0.3, -0.25) is 19.7 Å². The zero-order valence-electron chi connectivity index (χ0n) is 17.2. The number of methoxy groups -OCH3 is 2. The summed E-state index contributed by atoms with van der Waals surface area (Å²) >= 11 is 0. The van der Waals surface area contributed by atoms with Crippen molar-refractivity contribution in [3.05, 3.63) is 75.1 Å². The normalized spacial score (nSPS) is 13.6. The highest BCUT2D eigenvalue weighted by atomic mass is 19.1. The van der Waals surface area contributed by atoms with Crippen LogP contribution >= 0.6 is 0 Å². The Morgan fingerprint density at radius 1 is 1.16 bits per heavy atom. The monoisotopic (exact) mass is 430 g/mol. The molecule has 9 heteroatoms. The molecule has 31 heavy (non-hydrogen) atoms. The van der Waals surface area contributed by atoms with Gasteiger partial charge in [0.05, 0.1) is 20.1 Å². The van der Waals surface area contributed by atoms with Gasteiger partial charge in [-0.25, -0.2) is 4.39 Å². The smallest absolute Gasteiger partial charge is 0.320 e. The molecule has 0 amide bonds. The number of carbonyl (C=O) groups excluding carboxylic acids is 2. The van der Waals surface area contributed by atoms with E-state index in [4.69, 9.17) is 0 Å². The number of carbonyl (C=O) groups is 2. The van der Waals surface area contributed by atoms with Gasteiger partial charge in [-0.05, 0) is 29.2 Å². The molecule has 2 aromatic carbocycles. The van der Waals surface area contributed by atoms with Gasteiger partial charge in [-0.1, -0.05) is 36.4 Å². The summed E-state index contributed by atoms with van der Waals surface area (Å²) in [5.41, 5.74) is 2.49. The first kappa shape index (κ1) is 22.2. The topological polar surface area (TPSA) is 99.0 Å². The Hall–Kier alpha value is -3.49. The van der Waals surface area contributed by atoms with E-state index in [1.807, 2.05) is 35.2 Å². The number of hydrogen-bond acceptors (Lipinski definition) is 7. The van der Waals surface area contributed by atoms with E-state index < -0.39 is 41.1 Å². The standard InChI is InChI=1S/C22H23FN2O6/c1-30-21(26)20(22(27)31-2)17(13-25(28)29)16-10-15-8-9-24(19(15)11-18(16)23)12-14-6-4-3-5-7-14/h3-7,10-11,17,20H,8-9,12-13H2,1-2H3. The Morgan fingerprint density at radius 3 is 2.39 bits per heavy atom. The van der Waals surface area contributed by atoms with Crippen molar-refractivity contribution >= 4 is 17.6 Å². The van der Waals surface area contributed by atoms with Gasteiger partial charge in [-0.2, -0.15) is 0 Å². The summed E-state index contributed by atoms with van der Waals surface area (Å²) in [6.07, 6.45) is 0.613. The van der Waals surface area contributed by atoms with Crippen LogP contribution in [-0.2, 0) is 32.0 Å². The molecule has 0 fully saturated rings. The molecule has 1 aliphatic rings. The summed E-state index contributed by atoms with van der Waals surface area (Å²) in [6.45, 7) is 0.431. The fourth-order valence-electron chi connectivity index (χ4n) is 3.97. The van der Waals surface area contributed by atoms with Crippen LogP contribution in [-0.4, -0.2) is 44.2 Å². The Kier molecular flexibility index (Phi) is 6.84. The molecule has 0 saturated carbocycles. The third-order valence-electron chi connectivity index (χ3n) is 5.46. The van der Waals surface area contributed by atoms with Crippen LogP contribution in [0, 0.1) is 21.8 Å². The molecule has 0 radical (unpaired) electrons. The summed E-state index contributed by atoms with van der Waals surface area (Å²) in [5.74, 6) is -5.74. The van der Waals surface area contributed by atoms with Crippen molar-refractivity contribution in [3.8, 4) is 0 Å². The van der Waals surface area contributed by atoms with Crippen LogP contribution in [0.4, 0.5) is 10.1 Å². The third kappa shape index (κ3) is 4.82. The lowest BCUT2D eigenvalue weighted by molar-refractivity contribution is -0.484. The van der Waals surface area contributed by atoms with E-state index in [0.29, 0.717) is 25.2 Å². The predicted octanol–water partition coefficient (Wildman–Crippen LogP) is 2.71. The second-order valence-electron chi connectivity index (χ2n) is 7.31. The summed E-state index contributed by atoms with van der Waals surface area (Å²) in [5, 5.41) is 11.3. The van der Waals surface area contributed by atoms with E-state index in [-0.39, 0.29) is 5.56 Å². The van der Waals surface area contributed by atoms with Gasteiger partial charge in [0, 0.05) is 23.7 Å². The Bertz CT molecular complexity index is 965. The molecule has 0 bridgehead atoms. The highest BCUT2D eigenvalue weighted by Crippen LogP contribution is 2.37. The van der Waals surface area contributed by atoms with Crippen LogP contribution in [0.15, 0.2) is 42.5 Å². The first-order valence-corrected chi connectivity index (χ1v) is 9.74. The lowest BCUT2D eigenvalue weighted by atomic mass is 9.84. The fraction of sp³-hybridized carbons (Fsp3) is 0.364. The van der Waals surface area contributed by atoms with Crippen molar-refractivity contribution in [1.82, 2.24) is 0 Å². The minimum Gasteiger partial charge on any atom is -0.468 e. The third-order valence-corrected chi connectivity index (χ3v) is 5.46. The number of nitrogens with zero attached hydrogens (tertiary/aromatic N) is 2. The van der Waals surface area contributed by atoms with Crippen molar-refractivity contribution < 1.29 is 28.4 Å². The van der Waals surface area contributed by atoms with Crippen molar-refractivity contribution in [3.63, 3.8) is 0 Å². The van der Waals surface area contributed by atoms with Gasteiger partial charge in [0.25, 0.3) is 0 Å². The summed E-state index contributed by atoms with van der Waals surface area (Å²) < 4.78 is 24.5. The number of esters is 2. The first-order chi connectivity index (χ1) is 14.8. The average Bonchev–Trinajstić information content (AvgIpc) is 3.14. The van der Waals surface area contributed by atoms with Gasteiger partial charge < -0.3 is 14.4 Å². The molecule has 8 nitrogen and oxygen atoms in total. The number of ether oxygens (including phenoxy) is 2. The minimum absolute atomic E-state index is 0.0715. The number of halogens is 1. The van der Waals surface area contributed by atoms with Crippen LogP contribution in [0.1, 0.15) is 22.6 Å².